The van der Waals surface area contributed by atoms with Crippen molar-refractivity contribution in [2.45, 2.75) is 44.2 Å². The van der Waals surface area contributed by atoms with E-state index in [1.165, 1.54) is 12.8 Å². The highest BCUT2D eigenvalue weighted by atomic mass is 15.3. The molecule has 1 aromatic rings. The van der Waals surface area contributed by atoms with Crippen LogP contribution < -0.4 is 17.0 Å². The topological polar surface area (TPSA) is 80.2 Å². The molecule has 0 bridgehead atoms. The number of anilines is 1. The van der Waals surface area contributed by atoms with Gasteiger partial charge in [0.25, 0.3) is 0 Å². The van der Waals surface area contributed by atoms with Gasteiger partial charge in [-0.25, -0.2) is 4.98 Å². The lowest BCUT2D eigenvalue weighted by atomic mass is 9.70. The van der Waals surface area contributed by atoms with E-state index in [0.717, 1.165) is 24.3 Å². The van der Waals surface area contributed by atoms with E-state index in [-0.39, 0.29) is 11.6 Å². The van der Waals surface area contributed by atoms with Crippen molar-refractivity contribution in [2.75, 3.05) is 19.8 Å². The highest BCUT2D eigenvalue weighted by molar-refractivity contribution is 5.42. The van der Waals surface area contributed by atoms with Gasteiger partial charge < -0.3 is 10.6 Å². The molecule has 1 aromatic heterocycles. The first-order valence-electron chi connectivity index (χ1n) is 7.35. The van der Waals surface area contributed by atoms with Gasteiger partial charge in [0.05, 0.1) is 6.04 Å². The number of hydrogen-bond acceptors (Lipinski definition) is 5. The first-order chi connectivity index (χ1) is 9.51. The van der Waals surface area contributed by atoms with E-state index in [4.69, 9.17) is 11.6 Å². The van der Waals surface area contributed by atoms with Gasteiger partial charge in [0.2, 0.25) is 0 Å². The largest absolute Gasteiger partial charge is 0.383 e. The normalized spacial score (nSPS) is 28.6. The molecule has 1 aliphatic carbocycles. The molecule has 1 heterocycles. The number of pyridine rings is 1. The van der Waals surface area contributed by atoms with Gasteiger partial charge in [-0.1, -0.05) is 13.0 Å². The van der Waals surface area contributed by atoms with Gasteiger partial charge in [-0.15, -0.1) is 0 Å². The quantitative estimate of drug-likeness (QED) is 0.576. The standard InChI is InChI=1S/C15H27N5/c1-11-6-8-15(9-7-11,20(2)3)13(19-17)12-5-4-10-18-14(12)16/h4-5,10-11,13,19H,6-9,17H2,1-3H3,(H2,16,18). The second-order valence-electron chi connectivity index (χ2n) is 6.26. The van der Waals surface area contributed by atoms with Crippen LogP contribution in [0.4, 0.5) is 5.82 Å². The van der Waals surface area contributed by atoms with Crippen LogP contribution in [0.15, 0.2) is 18.3 Å². The van der Waals surface area contributed by atoms with Crippen LogP contribution in [0.1, 0.15) is 44.2 Å². The number of nitrogens with zero attached hydrogens (tertiary/aromatic N) is 2. The van der Waals surface area contributed by atoms with Gasteiger partial charge in [0.1, 0.15) is 5.82 Å². The Morgan fingerprint density at radius 3 is 2.55 bits per heavy atom. The van der Waals surface area contributed by atoms with Crippen LogP contribution in [0.25, 0.3) is 0 Å². The minimum atomic E-state index is -0.00157. The molecule has 5 heteroatoms. The molecule has 1 fully saturated rings. The Labute approximate surface area is 121 Å². The van der Waals surface area contributed by atoms with Crippen LogP contribution >= 0.6 is 0 Å². The molecule has 0 spiro atoms. The third-order valence-corrected chi connectivity index (χ3v) is 4.92. The number of hydrogen-bond donors (Lipinski definition) is 3. The van der Waals surface area contributed by atoms with Crippen molar-refractivity contribution in [1.82, 2.24) is 15.3 Å². The molecular weight excluding hydrogens is 250 g/mol. The average molecular weight is 277 g/mol. The number of nitrogen functional groups attached to an aromatic ring is 1. The summed E-state index contributed by atoms with van der Waals surface area (Å²) in [6.07, 6.45) is 6.39. The summed E-state index contributed by atoms with van der Waals surface area (Å²) in [6, 6.07) is 3.94. The van der Waals surface area contributed by atoms with Gasteiger partial charge in [0.15, 0.2) is 0 Å². The molecule has 5 N–H and O–H groups in total. The maximum Gasteiger partial charge on any atom is 0.128 e. The lowest BCUT2D eigenvalue weighted by Crippen LogP contribution is -2.57. The predicted molar refractivity (Wildman–Crippen MR) is 82.8 cm³/mol. The average Bonchev–Trinajstić information content (AvgIpc) is 2.43. The van der Waals surface area contributed by atoms with Gasteiger partial charge in [-0.3, -0.25) is 11.3 Å². The summed E-state index contributed by atoms with van der Waals surface area (Å²) in [5, 5.41) is 0. The van der Waals surface area contributed by atoms with Gasteiger partial charge in [-0.2, -0.15) is 0 Å². The van der Waals surface area contributed by atoms with E-state index in [9.17, 15) is 0 Å². The van der Waals surface area contributed by atoms with Crippen molar-refractivity contribution >= 4 is 5.82 Å². The van der Waals surface area contributed by atoms with Gasteiger partial charge in [0, 0.05) is 17.3 Å². The summed E-state index contributed by atoms with van der Waals surface area (Å²) in [4.78, 5) is 6.51. The van der Waals surface area contributed by atoms with Crippen molar-refractivity contribution < 1.29 is 0 Å². The molecule has 5 nitrogen and oxygen atoms in total. The SMILES string of the molecule is CC1CCC(C(NN)c2cccnc2N)(N(C)C)CC1. The zero-order valence-corrected chi connectivity index (χ0v) is 12.8. The number of rotatable bonds is 4. The van der Waals surface area contributed by atoms with Crippen LogP contribution in [0, 0.1) is 5.92 Å². The highest BCUT2D eigenvalue weighted by Gasteiger charge is 2.44. The highest BCUT2D eigenvalue weighted by Crippen LogP contribution is 2.44. The van der Waals surface area contributed by atoms with Gasteiger partial charge in [-0.05, 0) is 51.8 Å². The summed E-state index contributed by atoms with van der Waals surface area (Å²) < 4.78 is 0. The molecular formula is C15H27N5. The van der Waals surface area contributed by atoms with Crippen molar-refractivity contribution in [2.24, 2.45) is 11.8 Å². The zero-order chi connectivity index (χ0) is 14.8. The van der Waals surface area contributed by atoms with Crippen LogP contribution in [0.2, 0.25) is 0 Å². The summed E-state index contributed by atoms with van der Waals surface area (Å²) in [6.45, 7) is 2.32. The smallest absolute Gasteiger partial charge is 0.128 e. The van der Waals surface area contributed by atoms with Crippen molar-refractivity contribution in [3.05, 3.63) is 23.9 Å². The van der Waals surface area contributed by atoms with Crippen LogP contribution in [0.3, 0.4) is 0 Å². The third kappa shape index (κ3) is 2.66. The fourth-order valence-electron chi connectivity index (χ4n) is 3.46. The molecule has 112 valence electrons. The van der Waals surface area contributed by atoms with E-state index < -0.39 is 0 Å². The fraction of sp³-hybridized carbons (Fsp3) is 0.667. The summed E-state index contributed by atoms with van der Waals surface area (Å²) >= 11 is 0. The Morgan fingerprint density at radius 1 is 1.40 bits per heavy atom. The number of nitrogens with one attached hydrogen (secondary N) is 1. The Kier molecular flexibility index (Phi) is 4.62. The van der Waals surface area contributed by atoms with Crippen molar-refractivity contribution in [1.29, 1.82) is 0 Å². The molecule has 20 heavy (non-hydrogen) atoms. The second kappa shape index (κ2) is 6.08. The molecule has 2 rings (SSSR count). The first kappa shape index (κ1) is 15.2. The molecule has 1 atom stereocenters. The minimum absolute atomic E-state index is 0.00120. The number of aromatic nitrogens is 1. The fourth-order valence-corrected chi connectivity index (χ4v) is 3.46. The molecule has 0 saturated heterocycles. The second-order valence-corrected chi connectivity index (χ2v) is 6.26. The van der Waals surface area contributed by atoms with E-state index in [1.807, 2.05) is 12.1 Å². The Balaban J connectivity index is 2.38. The van der Waals surface area contributed by atoms with E-state index in [2.05, 4.69) is 36.3 Å². The molecule has 0 radical (unpaired) electrons. The predicted octanol–water partition coefficient (Wildman–Crippen LogP) is 1.68. The van der Waals surface area contributed by atoms with E-state index in [1.54, 1.807) is 6.20 Å². The summed E-state index contributed by atoms with van der Waals surface area (Å²) in [5.41, 5.74) is 10.1. The Morgan fingerprint density at radius 2 is 2.05 bits per heavy atom. The monoisotopic (exact) mass is 277 g/mol. The molecule has 0 aliphatic heterocycles. The van der Waals surface area contributed by atoms with Crippen LogP contribution in [0.5, 0.6) is 0 Å². The van der Waals surface area contributed by atoms with Crippen LogP contribution in [-0.4, -0.2) is 29.5 Å². The Hall–Kier alpha value is -1.17. The van der Waals surface area contributed by atoms with Crippen molar-refractivity contribution in [3.63, 3.8) is 0 Å². The summed E-state index contributed by atoms with van der Waals surface area (Å²) in [5.74, 6) is 7.25. The Bertz CT molecular complexity index is 438. The number of nitrogens with two attached hydrogens (primary N) is 2. The summed E-state index contributed by atoms with van der Waals surface area (Å²) in [7, 11) is 4.26. The van der Waals surface area contributed by atoms with E-state index >= 15 is 0 Å². The van der Waals surface area contributed by atoms with E-state index in [0.29, 0.717) is 5.82 Å². The molecule has 1 saturated carbocycles. The number of hydrazine groups is 1. The molecule has 0 amide bonds. The van der Waals surface area contributed by atoms with Gasteiger partial charge >= 0.3 is 0 Å². The maximum atomic E-state index is 6.06. The zero-order valence-electron chi connectivity index (χ0n) is 12.8. The molecule has 0 aromatic carbocycles. The minimum Gasteiger partial charge on any atom is -0.383 e. The lowest BCUT2D eigenvalue weighted by molar-refractivity contribution is 0.0430. The van der Waals surface area contributed by atoms with Crippen LogP contribution in [-0.2, 0) is 0 Å². The lowest BCUT2D eigenvalue weighted by Gasteiger charge is -2.49. The number of likely N-dealkylation sites (N-methyl/N-ethyl adjacent to an activating group) is 1. The molecule has 1 unspecified atom stereocenters. The third-order valence-electron chi connectivity index (χ3n) is 4.92. The van der Waals surface area contributed by atoms with Crippen molar-refractivity contribution in [3.8, 4) is 0 Å². The first-order valence-corrected chi connectivity index (χ1v) is 7.35. The molecule has 1 aliphatic rings. The maximum absolute atomic E-state index is 6.06.